The Labute approximate surface area is 249 Å². The van der Waals surface area contributed by atoms with Gasteiger partial charge in [-0.1, -0.05) is 70.4 Å². The molecule has 228 valence electrons. The normalized spacial score (nSPS) is 16.4. The zero-order valence-electron chi connectivity index (χ0n) is 26.5. The number of aliphatic hydroxyl groups excluding tert-OH is 1. The van der Waals surface area contributed by atoms with Crippen LogP contribution < -0.4 is 5.32 Å². The lowest BCUT2D eigenvalue weighted by molar-refractivity contribution is -0.133. The molecule has 2 aromatic carbocycles. The molecule has 0 aliphatic heterocycles. The Morgan fingerprint density at radius 2 is 1.78 bits per heavy atom. The minimum Gasteiger partial charge on any atom is -0.508 e. The van der Waals surface area contributed by atoms with Gasteiger partial charge in [0.1, 0.15) is 5.75 Å². The SMILES string of the molecule is CCN(C(=O)Cc1cccc(C[C@@H](C)NC[C@@H](O[Si](C)(C)C(C)(C)C)c2ccc(O)c(CO)c2)c1)C1CCCCC1. The van der Waals surface area contributed by atoms with E-state index in [-0.39, 0.29) is 35.4 Å². The van der Waals surface area contributed by atoms with E-state index in [1.807, 2.05) is 12.1 Å². The summed E-state index contributed by atoms with van der Waals surface area (Å²) < 4.78 is 6.85. The van der Waals surface area contributed by atoms with Crippen molar-refractivity contribution in [3.63, 3.8) is 0 Å². The quantitative estimate of drug-likeness (QED) is 0.224. The fourth-order valence-corrected chi connectivity index (χ4v) is 6.88. The molecule has 0 radical (unpaired) electrons. The average Bonchev–Trinajstić information content (AvgIpc) is 2.92. The maximum Gasteiger partial charge on any atom is 0.227 e. The number of carbonyl (C=O) groups is 1. The Kier molecular flexibility index (Phi) is 12.0. The summed E-state index contributed by atoms with van der Waals surface area (Å²) >= 11 is 0. The summed E-state index contributed by atoms with van der Waals surface area (Å²) in [6.45, 7) is 16.7. The van der Waals surface area contributed by atoms with Crippen molar-refractivity contribution in [2.75, 3.05) is 13.1 Å². The summed E-state index contributed by atoms with van der Waals surface area (Å²) in [5.74, 6) is 0.340. The Morgan fingerprint density at radius 1 is 1.10 bits per heavy atom. The van der Waals surface area contributed by atoms with Crippen LogP contribution in [0.5, 0.6) is 5.75 Å². The highest BCUT2D eigenvalue weighted by Crippen LogP contribution is 2.40. The van der Waals surface area contributed by atoms with E-state index in [0.29, 0.717) is 24.6 Å². The van der Waals surface area contributed by atoms with Gasteiger partial charge in [0.15, 0.2) is 8.32 Å². The van der Waals surface area contributed by atoms with Crippen LogP contribution in [-0.4, -0.2) is 54.5 Å². The van der Waals surface area contributed by atoms with E-state index in [9.17, 15) is 15.0 Å². The Bertz CT molecular complexity index is 1120. The van der Waals surface area contributed by atoms with Crippen molar-refractivity contribution in [1.82, 2.24) is 10.2 Å². The van der Waals surface area contributed by atoms with Crippen molar-refractivity contribution < 1.29 is 19.4 Å². The molecular weight excluding hydrogens is 528 g/mol. The predicted molar refractivity (Wildman–Crippen MR) is 171 cm³/mol. The second kappa shape index (κ2) is 14.8. The van der Waals surface area contributed by atoms with Gasteiger partial charge in [-0.3, -0.25) is 4.79 Å². The first-order chi connectivity index (χ1) is 19.3. The van der Waals surface area contributed by atoms with Gasteiger partial charge in [0, 0.05) is 30.7 Å². The molecule has 0 unspecified atom stereocenters. The molecule has 1 amide bonds. The molecule has 3 N–H and O–H groups in total. The van der Waals surface area contributed by atoms with Gasteiger partial charge < -0.3 is 24.9 Å². The van der Waals surface area contributed by atoms with Gasteiger partial charge in [0.25, 0.3) is 0 Å². The maximum atomic E-state index is 13.2. The molecule has 7 heteroatoms. The van der Waals surface area contributed by atoms with Gasteiger partial charge >= 0.3 is 0 Å². The summed E-state index contributed by atoms with van der Waals surface area (Å²) in [6, 6.07) is 14.4. The molecule has 1 fully saturated rings. The number of hydrogen-bond acceptors (Lipinski definition) is 5. The second-order valence-corrected chi connectivity index (χ2v) is 18.2. The number of rotatable bonds is 13. The number of nitrogens with zero attached hydrogens (tertiary/aromatic N) is 1. The fourth-order valence-electron chi connectivity index (χ4n) is 5.60. The number of carbonyl (C=O) groups excluding carboxylic acids is 1. The molecule has 1 aliphatic carbocycles. The molecule has 6 nitrogen and oxygen atoms in total. The van der Waals surface area contributed by atoms with Crippen LogP contribution in [0.1, 0.15) is 95.1 Å². The van der Waals surface area contributed by atoms with Crippen molar-refractivity contribution in [2.24, 2.45) is 0 Å². The highest BCUT2D eigenvalue weighted by Gasteiger charge is 2.39. The van der Waals surface area contributed by atoms with Crippen molar-refractivity contribution in [3.8, 4) is 5.75 Å². The number of aliphatic hydroxyl groups is 1. The van der Waals surface area contributed by atoms with Crippen molar-refractivity contribution in [3.05, 3.63) is 64.7 Å². The maximum absolute atomic E-state index is 13.2. The predicted octanol–water partition coefficient (Wildman–Crippen LogP) is 6.89. The zero-order valence-corrected chi connectivity index (χ0v) is 27.5. The van der Waals surface area contributed by atoms with E-state index in [4.69, 9.17) is 4.43 Å². The monoisotopic (exact) mass is 582 g/mol. The Morgan fingerprint density at radius 3 is 2.41 bits per heavy atom. The Hall–Kier alpha value is -2.19. The van der Waals surface area contributed by atoms with Crippen molar-refractivity contribution in [2.45, 2.75) is 122 Å². The van der Waals surface area contributed by atoms with E-state index in [1.165, 1.54) is 24.8 Å². The molecule has 0 spiro atoms. The summed E-state index contributed by atoms with van der Waals surface area (Å²) in [7, 11) is -2.09. The molecule has 3 rings (SSSR count). The lowest BCUT2D eigenvalue weighted by Crippen LogP contribution is -2.44. The molecular formula is C34H54N2O4Si. The fraction of sp³-hybridized carbons (Fsp3) is 0.618. The van der Waals surface area contributed by atoms with Crippen molar-refractivity contribution >= 4 is 14.2 Å². The zero-order chi connectivity index (χ0) is 30.2. The number of likely N-dealkylation sites (N-methyl/N-ethyl adjacent to an activating group) is 1. The van der Waals surface area contributed by atoms with Crippen LogP contribution >= 0.6 is 0 Å². The number of amides is 1. The first-order valence-electron chi connectivity index (χ1n) is 15.6. The minimum atomic E-state index is -2.09. The third kappa shape index (κ3) is 9.40. The van der Waals surface area contributed by atoms with Gasteiger partial charge in [-0.05, 0) is 80.1 Å². The molecule has 2 aromatic rings. The van der Waals surface area contributed by atoms with Crippen LogP contribution in [0.2, 0.25) is 18.1 Å². The van der Waals surface area contributed by atoms with Crippen LogP contribution in [-0.2, 0) is 28.7 Å². The number of benzene rings is 2. The topological polar surface area (TPSA) is 82.0 Å². The minimum absolute atomic E-state index is 0.0514. The number of nitrogens with one attached hydrogen (secondary N) is 1. The van der Waals surface area contributed by atoms with Crippen LogP contribution in [0.4, 0.5) is 0 Å². The van der Waals surface area contributed by atoms with E-state index < -0.39 is 8.32 Å². The standard InChI is InChI=1S/C34H54N2O4Si/c1-8-36(30-15-10-9-11-16-30)33(39)21-27-14-12-13-26(20-27)19-25(2)35-23-32(40-41(6,7)34(3,4)5)28-17-18-31(38)29(22-28)24-37/h12-14,17-18,20,22,25,30,32,35,37-38H,8-11,15-16,19,21,23-24H2,1-7H3/t25-,32-/m1/s1. The first kappa shape index (κ1) is 33.3. The van der Waals surface area contributed by atoms with Gasteiger partial charge in [0.2, 0.25) is 5.91 Å². The largest absolute Gasteiger partial charge is 0.508 e. The smallest absolute Gasteiger partial charge is 0.227 e. The molecule has 41 heavy (non-hydrogen) atoms. The van der Waals surface area contributed by atoms with E-state index in [1.54, 1.807) is 6.07 Å². The highest BCUT2D eigenvalue weighted by molar-refractivity contribution is 6.74. The number of phenols is 1. The number of aromatic hydroxyl groups is 1. The molecule has 1 aliphatic rings. The number of hydrogen-bond donors (Lipinski definition) is 3. The third-order valence-corrected chi connectivity index (χ3v) is 13.6. The highest BCUT2D eigenvalue weighted by atomic mass is 28.4. The molecule has 2 atom stereocenters. The average molecular weight is 583 g/mol. The van der Waals surface area contributed by atoms with E-state index in [0.717, 1.165) is 36.9 Å². The summed E-state index contributed by atoms with van der Waals surface area (Å²) in [5.41, 5.74) is 3.75. The lowest BCUT2D eigenvalue weighted by atomic mass is 9.93. The van der Waals surface area contributed by atoms with Crippen LogP contribution in [0.3, 0.4) is 0 Å². The summed E-state index contributed by atoms with van der Waals surface area (Å²) in [5, 5.41) is 23.6. The molecule has 0 aromatic heterocycles. The van der Waals surface area contributed by atoms with Crippen LogP contribution in [0.15, 0.2) is 42.5 Å². The van der Waals surface area contributed by atoms with E-state index >= 15 is 0 Å². The van der Waals surface area contributed by atoms with Crippen LogP contribution in [0, 0.1) is 0 Å². The lowest BCUT2D eigenvalue weighted by Gasteiger charge is -2.40. The molecule has 1 saturated carbocycles. The van der Waals surface area contributed by atoms with Gasteiger partial charge in [-0.25, -0.2) is 0 Å². The second-order valence-electron chi connectivity index (χ2n) is 13.4. The van der Waals surface area contributed by atoms with Gasteiger partial charge in [0.05, 0.1) is 19.1 Å². The van der Waals surface area contributed by atoms with E-state index in [2.05, 4.69) is 82.2 Å². The van der Waals surface area contributed by atoms with Gasteiger partial charge in [-0.2, -0.15) is 0 Å². The molecule has 0 saturated heterocycles. The first-order valence-corrected chi connectivity index (χ1v) is 18.5. The van der Waals surface area contributed by atoms with Gasteiger partial charge in [-0.15, -0.1) is 0 Å². The third-order valence-electron chi connectivity index (χ3n) is 9.11. The summed E-state index contributed by atoms with van der Waals surface area (Å²) in [6.07, 6.45) is 7.11. The molecule has 0 heterocycles. The van der Waals surface area contributed by atoms with Crippen molar-refractivity contribution in [1.29, 1.82) is 0 Å². The Balaban J connectivity index is 1.66. The molecule has 0 bridgehead atoms. The van der Waals surface area contributed by atoms with Crippen LogP contribution in [0.25, 0.3) is 0 Å². The summed E-state index contributed by atoms with van der Waals surface area (Å²) in [4.78, 5) is 15.3.